The van der Waals surface area contributed by atoms with Crippen LogP contribution >= 0.6 is 0 Å². The normalized spacial score (nSPS) is 6.64. The predicted molar refractivity (Wildman–Crippen MR) is 32.1 cm³/mol. The number of hydrogen-bond donors (Lipinski definition) is 1. The maximum Gasteiger partial charge on any atom is 2.00 e. The van der Waals surface area contributed by atoms with Crippen molar-refractivity contribution in [3.63, 3.8) is 0 Å². The molecule has 0 saturated carbocycles. The van der Waals surface area contributed by atoms with Crippen molar-refractivity contribution in [1.29, 1.82) is 0 Å². The fourth-order valence-corrected chi connectivity index (χ4v) is 0.519. The van der Waals surface area contributed by atoms with Crippen LogP contribution in [0.5, 0.6) is 0 Å². The SMILES string of the molecule is NCc1ccccn1.[Cl-].[Cl-].[Zn+2]. The predicted octanol–water partition coefficient (Wildman–Crippen LogP) is -5.45. The Kier molecular flexibility index (Phi) is 16.3. The van der Waals surface area contributed by atoms with Gasteiger partial charge in [-0.25, -0.2) is 0 Å². The molecule has 11 heavy (non-hydrogen) atoms. The quantitative estimate of drug-likeness (QED) is 0.501. The van der Waals surface area contributed by atoms with Gasteiger partial charge in [-0.1, -0.05) is 6.07 Å². The minimum atomic E-state index is 0. The zero-order chi connectivity index (χ0) is 5.82. The van der Waals surface area contributed by atoms with Gasteiger partial charge in [0.2, 0.25) is 0 Å². The maximum atomic E-state index is 5.29. The zero-order valence-corrected chi connectivity index (χ0v) is 10.5. The smallest absolute Gasteiger partial charge is 1.00 e. The van der Waals surface area contributed by atoms with Gasteiger partial charge in [-0.05, 0) is 12.1 Å². The van der Waals surface area contributed by atoms with E-state index in [1.54, 1.807) is 6.20 Å². The summed E-state index contributed by atoms with van der Waals surface area (Å²) in [6.45, 7) is 0.529. The first-order valence-electron chi connectivity index (χ1n) is 2.53. The average Bonchev–Trinajstić information content (AvgIpc) is 1.90. The van der Waals surface area contributed by atoms with E-state index >= 15 is 0 Å². The summed E-state index contributed by atoms with van der Waals surface area (Å²) in [7, 11) is 0. The molecule has 1 aromatic heterocycles. The molecule has 5 heteroatoms. The Morgan fingerprint density at radius 1 is 1.27 bits per heavy atom. The Morgan fingerprint density at radius 3 is 2.18 bits per heavy atom. The summed E-state index contributed by atoms with van der Waals surface area (Å²) in [5, 5.41) is 0. The van der Waals surface area contributed by atoms with Crippen LogP contribution in [-0.2, 0) is 26.0 Å². The number of halogens is 2. The first-order chi connectivity index (χ1) is 3.93. The molecule has 0 bridgehead atoms. The minimum Gasteiger partial charge on any atom is -1.00 e. The number of nitrogens with zero attached hydrogens (tertiary/aromatic N) is 1. The molecule has 0 saturated heterocycles. The standard InChI is InChI=1S/C6H8N2.2ClH.Zn/c7-5-6-3-1-2-4-8-6;;;/h1-4H,5,7H2;2*1H;/q;;;+2/p-2. The Hall–Kier alpha value is 0.313. The molecule has 0 aliphatic heterocycles. The molecule has 0 unspecified atom stereocenters. The molecule has 0 aromatic carbocycles. The summed E-state index contributed by atoms with van der Waals surface area (Å²) in [5.41, 5.74) is 6.22. The van der Waals surface area contributed by atoms with Gasteiger partial charge in [0.15, 0.2) is 0 Å². The van der Waals surface area contributed by atoms with Gasteiger partial charge < -0.3 is 30.5 Å². The summed E-state index contributed by atoms with van der Waals surface area (Å²) in [5.74, 6) is 0. The van der Waals surface area contributed by atoms with Crippen molar-refractivity contribution in [2.45, 2.75) is 6.54 Å². The van der Waals surface area contributed by atoms with Crippen LogP contribution in [0.2, 0.25) is 0 Å². The number of hydrogen-bond acceptors (Lipinski definition) is 2. The van der Waals surface area contributed by atoms with E-state index in [4.69, 9.17) is 5.73 Å². The van der Waals surface area contributed by atoms with E-state index in [2.05, 4.69) is 4.98 Å². The monoisotopic (exact) mass is 242 g/mol. The van der Waals surface area contributed by atoms with E-state index in [-0.39, 0.29) is 44.3 Å². The number of pyridine rings is 1. The van der Waals surface area contributed by atoms with Gasteiger partial charge in [0.05, 0.1) is 5.69 Å². The van der Waals surface area contributed by atoms with Gasteiger partial charge in [-0.15, -0.1) is 0 Å². The molecule has 1 heterocycles. The van der Waals surface area contributed by atoms with Gasteiger partial charge in [-0.2, -0.15) is 0 Å². The first-order valence-corrected chi connectivity index (χ1v) is 2.53. The molecule has 2 nitrogen and oxygen atoms in total. The van der Waals surface area contributed by atoms with Crippen LogP contribution < -0.4 is 30.5 Å². The van der Waals surface area contributed by atoms with Crippen molar-refractivity contribution in [2.24, 2.45) is 5.73 Å². The molecule has 0 aliphatic rings. The Labute approximate surface area is 91.5 Å². The van der Waals surface area contributed by atoms with Gasteiger partial charge in [0.25, 0.3) is 0 Å². The second-order valence-corrected chi connectivity index (χ2v) is 1.53. The van der Waals surface area contributed by atoms with Crippen molar-refractivity contribution in [3.05, 3.63) is 30.1 Å². The van der Waals surface area contributed by atoms with E-state index < -0.39 is 0 Å². The van der Waals surface area contributed by atoms with Crippen molar-refractivity contribution in [1.82, 2.24) is 4.98 Å². The number of aromatic nitrogens is 1. The Bertz CT molecular complexity index is 160. The van der Waals surface area contributed by atoms with Crippen LogP contribution in [-0.4, -0.2) is 4.98 Å². The molecule has 2 N–H and O–H groups in total. The third kappa shape index (κ3) is 6.70. The molecular weight excluding hydrogens is 236 g/mol. The van der Waals surface area contributed by atoms with E-state index in [0.717, 1.165) is 5.69 Å². The molecular formula is C6H8Cl2N2Zn. The minimum absolute atomic E-state index is 0. The molecule has 1 aromatic rings. The van der Waals surface area contributed by atoms with Gasteiger partial charge in [-0.3, -0.25) is 4.98 Å². The summed E-state index contributed by atoms with van der Waals surface area (Å²) >= 11 is 0. The van der Waals surface area contributed by atoms with Crippen LogP contribution in [0, 0.1) is 0 Å². The zero-order valence-electron chi connectivity index (χ0n) is 6.00. The van der Waals surface area contributed by atoms with Crippen molar-refractivity contribution in [3.8, 4) is 0 Å². The molecule has 0 spiro atoms. The second kappa shape index (κ2) is 10.3. The largest absolute Gasteiger partial charge is 2.00 e. The van der Waals surface area contributed by atoms with Gasteiger partial charge in [0.1, 0.15) is 0 Å². The molecule has 0 aliphatic carbocycles. The van der Waals surface area contributed by atoms with Gasteiger partial charge in [0, 0.05) is 12.7 Å². The fraction of sp³-hybridized carbons (Fsp3) is 0.167. The van der Waals surface area contributed by atoms with Crippen molar-refractivity contribution >= 4 is 0 Å². The number of nitrogens with two attached hydrogens (primary N) is 1. The Balaban J connectivity index is -0.000000213. The third-order valence-electron chi connectivity index (χ3n) is 0.935. The van der Waals surface area contributed by atoms with Crippen LogP contribution in [0.15, 0.2) is 24.4 Å². The van der Waals surface area contributed by atoms with Crippen LogP contribution in [0.3, 0.4) is 0 Å². The molecule has 0 radical (unpaired) electrons. The van der Waals surface area contributed by atoms with Crippen LogP contribution in [0.1, 0.15) is 5.69 Å². The second-order valence-electron chi connectivity index (χ2n) is 1.53. The molecule has 1 rings (SSSR count). The molecule has 0 fully saturated rings. The van der Waals surface area contributed by atoms with Crippen molar-refractivity contribution in [2.75, 3.05) is 0 Å². The maximum absolute atomic E-state index is 5.29. The molecule has 0 amide bonds. The third-order valence-corrected chi connectivity index (χ3v) is 0.935. The number of rotatable bonds is 1. The van der Waals surface area contributed by atoms with E-state index in [1.807, 2.05) is 18.2 Å². The van der Waals surface area contributed by atoms with Gasteiger partial charge >= 0.3 is 19.5 Å². The summed E-state index contributed by atoms with van der Waals surface area (Å²) < 4.78 is 0. The first kappa shape index (κ1) is 17.4. The summed E-state index contributed by atoms with van der Waals surface area (Å²) in [4.78, 5) is 3.97. The van der Waals surface area contributed by atoms with Crippen molar-refractivity contribution < 1.29 is 44.3 Å². The topological polar surface area (TPSA) is 38.9 Å². The van der Waals surface area contributed by atoms with Crippen LogP contribution in [0.25, 0.3) is 0 Å². The fourth-order valence-electron chi connectivity index (χ4n) is 0.519. The van der Waals surface area contributed by atoms with Crippen LogP contribution in [0.4, 0.5) is 0 Å². The van der Waals surface area contributed by atoms with E-state index in [0.29, 0.717) is 6.54 Å². The summed E-state index contributed by atoms with van der Waals surface area (Å²) in [6.07, 6.45) is 1.74. The van der Waals surface area contributed by atoms with E-state index in [9.17, 15) is 0 Å². The summed E-state index contributed by atoms with van der Waals surface area (Å²) in [6, 6.07) is 5.70. The Morgan fingerprint density at radius 2 is 1.91 bits per heavy atom. The van der Waals surface area contributed by atoms with E-state index in [1.165, 1.54) is 0 Å². The molecule has 58 valence electrons. The molecule has 0 atom stereocenters. The average molecular weight is 244 g/mol.